The molecule has 0 radical (unpaired) electrons. The molecule has 0 aliphatic carbocycles. The lowest BCUT2D eigenvalue weighted by Gasteiger charge is -2.38. The molecule has 0 atom stereocenters. The van der Waals surface area contributed by atoms with Crippen molar-refractivity contribution in [2.45, 2.75) is 52.5 Å². The minimum atomic E-state index is 0.0394. The number of amides is 1. The number of nitrogens with one attached hydrogen (secondary N) is 1. The van der Waals surface area contributed by atoms with E-state index in [9.17, 15) is 4.79 Å². The lowest BCUT2D eigenvalue weighted by molar-refractivity contribution is 0.0603. The molecule has 0 unspecified atom stereocenters. The van der Waals surface area contributed by atoms with E-state index in [0.29, 0.717) is 23.1 Å². The van der Waals surface area contributed by atoms with Crippen LogP contribution < -0.4 is 5.32 Å². The van der Waals surface area contributed by atoms with Gasteiger partial charge in [-0.25, -0.2) is 4.68 Å². The lowest BCUT2D eigenvalue weighted by Crippen LogP contribution is -2.41. The predicted octanol–water partition coefficient (Wildman–Crippen LogP) is 2.10. The molecule has 6 nitrogen and oxygen atoms in total. The summed E-state index contributed by atoms with van der Waals surface area (Å²) in [6, 6.07) is 0.372. The molecule has 1 aromatic heterocycles. The third kappa shape index (κ3) is 3.74. The van der Waals surface area contributed by atoms with Crippen LogP contribution in [0.15, 0.2) is 6.20 Å². The third-order valence-corrected chi connectivity index (χ3v) is 5.42. The molecule has 0 aromatic carbocycles. The van der Waals surface area contributed by atoms with Crippen LogP contribution in [0.5, 0.6) is 0 Å². The van der Waals surface area contributed by atoms with Gasteiger partial charge in [-0.3, -0.25) is 4.79 Å². The summed E-state index contributed by atoms with van der Waals surface area (Å²) in [6.45, 7) is 10.6. The van der Waals surface area contributed by atoms with Gasteiger partial charge < -0.3 is 10.2 Å². The van der Waals surface area contributed by atoms with E-state index in [1.54, 1.807) is 0 Å². The Bertz CT molecular complexity index is 533. The topological polar surface area (TPSA) is 63.1 Å². The number of nitrogens with zero attached hydrogens (tertiary/aromatic N) is 4. The van der Waals surface area contributed by atoms with Gasteiger partial charge in [-0.15, -0.1) is 5.10 Å². The largest absolute Gasteiger partial charge is 0.337 e. The van der Waals surface area contributed by atoms with Gasteiger partial charge in [0.05, 0.1) is 12.2 Å². The maximum Gasteiger partial charge on any atom is 0.276 e. The summed E-state index contributed by atoms with van der Waals surface area (Å²) in [7, 11) is 0. The predicted molar refractivity (Wildman–Crippen MR) is 89.2 cm³/mol. The van der Waals surface area contributed by atoms with Crippen molar-refractivity contribution in [1.29, 1.82) is 0 Å². The van der Waals surface area contributed by atoms with Gasteiger partial charge in [-0.05, 0) is 50.1 Å². The molecule has 0 spiro atoms. The van der Waals surface area contributed by atoms with Gasteiger partial charge in [0.25, 0.3) is 5.91 Å². The molecule has 128 valence electrons. The van der Waals surface area contributed by atoms with E-state index in [2.05, 4.69) is 36.4 Å². The zero-order valence-electron chi connectivity index (χ0n) is 14.6. The van der Waals surface area contributed by atoms with Crippen LogP contribution in [0.2, 0.25) is 0 Å². The number of carbonyl (C=O) groups is 1. The molecule has 3 heterocycles. The molecule has 1 aromatic rings. The molecule has 1 amide bonds. The van der Waals surface area contributed by atoms with Crippen LogP contribution in [-0.2, 0) is 0 Å². The summed E-state index contributed by atoms with van der Waals surface area (Å²) in [5, 5.41) is 11.7. The van der Waals surface area contributed by atoms with E-state index < -0.39 is 0 Å². The Morgan fingerprint density at radius 3 is 2.43 bits per heavy atom. The quantitative estimate of drug-likeness (QED) is 0.907. The zero-order valence-corrected chi connectivity index (χ0v) is 14.6. The molecular formula is C17H29N5O. The van der Waals surface area contributed by atoms with Crippen LogP contribution in [0.1, 0.15) is 63.0 Å². The molecule has 2 fully saturated rings. The van der Waals surface area contributed by atoms with E-state index in [4.69, 9.17) is 0 Å². The van der Waals surface area contributed by atoms with Crippen LogP contribution in [0.25, 0.3) is 0 Å². The minimum absolute atomic E-state index is 0.0394. The van der Waals surface area contributed by atoms with Crippen molar-refractivity contribution >= 4 is 5.91 Å². The molecule has 2 aliphatic rings. The lowest BCUT2D eigenvalue weighted by atomic mass is 9.75. The molecule has 23 heavy (non-hydrogen) atoms. The number of piperidine rings is 2. The molecule has 6 heteroatoms. The number of hydrogen-bond acceptors (Lipinski definition) is 4. The van der Waals surface area contributed by atoms with Crippen LogP contribution in [0.3, 0.4) is 0 Å². The standard InChI is InChI=1S/C17H29N5O/c1-17(2,3)13-6-10-21(11-7-13)16(23)15-12-22(20-19-15)14-4-8-18-9-5-14/h12-14,18H,4-11H2,1-3H3. The maximum absolute atomic E-state index is 12.6. The first kappa shape index (κ1) is 16.4. The first-order valence-corrected chi connectivity index (χ1v) is 8.87. The van der Waals surface area contributed by atoms with Gasteiger partial charge in [-0.1, -0.05) is 26.0 Å². The smallest absolute Gasteiger partial charge is 0.276 e. The van der Waals surface area contributed by atoms with Crippen molar-refractivity contribution < 1.29 is 4.79 Å². The van der Waals surface area contributed by atoms with Crippen molar-refractivity contribution in [3.8, 4) is 0 Å². The Hall–Kier alpha value is -1.43. The second kappa shape index (κ2) is 6.59. The number of rotatable bonds is 2. The van der Waals surface area contributed by atoms with E-state index >= 15 is 0 Å². The highest BCUT2D eigenvalue weighted by atomic mass is 16.2. The summed E-state index contributed by atoms with van der Waals surface area (Å²) >= 11 is 0. The normalized spacial score (nSPS) is 21.6. The van der Waals surface area contributed by atoms with E-state index in [1.165, 1.54) is 0 Å². The Morgan fingerprint density at radius 2 is 1.83 bits per heavy atom. The van der Waals surface area contributed by atoms with Gasteiger partial charge in [0.15, 0.2) is 5.69 Å². The Balaban J connectivity index is 1.60. The van der Waals surface area contributed by atoms with Crippen LogP contribution in [-0.4, -0.2) is 52.0 Å². The first-order valence-electron chi connectivity index (χ1n) is 8.87. The van der Waals surface area contributed by atoms with Crippen LogP contribution in [0.4, 0.5) is 0 Å². The Morgan fingerprint density at radius 1 is 1.17 bits per heavy atom. The fraction of sp³-hybridized carbons (Fsp3) is 0.824. The highest BCUT2D eigenvalue weighted by molar-refractivity contribution is 5.92. The molecule has 0 bridgehead atoms. The van der Waals surface area contributed by atoms with Gasteiger partial charge in [0.1, 0.15) is 0 Å². The summed E-state index contributed by atoms with van der Waals surface area (Å²) in [5.74, 6) is 0.731. The number of carbonyl (C=O) groups excluding carboxylic acids is 1. The average Bonchev–Trinajstić information content (AvgIpc) is 3.04. The van der Waals surface area contributed by atoms with Crippen molar-refractivity contribution in [1.82, 2.24) is 25.2 Å². The molecule has 2 saturated heterocycles. The summed E-state index contributed by atoms with van der Waals surface area (Å²) in [6.07, 6.45) is 6.10. The van der Waals surface area contributed by atoms with Crippen molar-refractivity contribution in [2.24, 2.45) is 11.3 Å². The van der Waals surface area contributed by atoms with Crippen LogP contribution >= 0.6 is 0 Å². The van der Waals surface area contributed by atoms with Crippen molar-refractivity contribution in [2.75, 3.05) is 26.2 Å². The Kier molecular flexibility index (Phi) is 4.71. The fourth-order valence-electron chi connectivity index (χ4n) is 3.74. The average molecular weight is 319 g/mol. The maximum atomic E-state index is 12.6. The van der Waals surface area contributed by atoms with Gasteiger partial charge in [-0.2, -0.15) is 0 Å². The van der Waals surface area contributed by atoms with Crippen LogP contribution in [0, 0.1) is 11.3 Å². The number of aromatic nitrogens is 3. The fourth-order valence-corrected chi connectivity index (χ4v) is 3.74. The first-order chi connectivity index (χ1) is 10.9. The monoisotopic (exact) mass is 319 g/mol. The SMILES string of the molecule is CC(C)(C)C1CCN(C(=O)c2cn(C3CCNCC3)nn2)CC1. The second-order valence-electron chi connectivity index (χ2n) is 8.00. The van der Waals surface area contributed by atoms with Gasteiger partial charge >= 0.3 is 0 Å². The molecule has 2 aliphatic heterocycles. The Labute approximate surface area is 138 Å². The third-order valence-electron chi connectivity index (χ3n) is 5.42. The number of likely N-dealkylation sites (tertiary alicyclic amines) is 1. The van der Waals surface area contributed by atoms with Gasteiger partial charge in [0.2, 0.25) is 0 Å². The zero-order chi connectivity index (χ0) is 16.4. The molecule has 1 N–H and O–H groups in total. The summed E-state index contributed by atoms with van der Waals surface area (Å²) in [4.78, 5) is 14.6. The second-order valence-corrected chi connectivity index (χ2v) is 8.00. The highest BCUT2D eigenvalue weighted by Gasteiger charge is 2.31. The number of hydrogen-bond donors (Lipinski definition) is 1. The summed E-state index contributed by atoms with van der Waals surface area (Å²) in [5.41, 5.74) is 0.825. The van der Waals surface area contributed by atoms with E-state index in [-0.39, 0.29) is 5.91 Å². The molecule has 3 rings (SSSR count). The van der Waals surface area contributed by atoms with E-state index in [1.807, 2.05) is 15.8 Å². The molecular weight excluding hydrogens is 290 g/mol. The van der Waals surface area contributed by atoms with Gasteiger partial charge in [0, 0.05) is 13.1 Å². The van der Waals surface area contributed by atoms with Crippen molar-refractivity contribution in [3.63, 3.8) is 0 Å². The highest BCUT2D eigenvalue weighted by Crippen LogP contribution is 2.34. The minimum Gasteiger partial charge on any atom is -0.337 e. The van der Waals surface area contributed by atoms with E-state index in [0.717, 1.165) is 51.9 Å². The van der Waals surface area contributed by atoms with Crippen molar-refractivity contribution in [3.05, 3.63) is 11.9 Å². The molecule has 0 saturated carbocycles. The summed E-state index contributed by atoms with van der Waals surface area (Å²) < 4.78 is 1.88.